The van der Waals surface area contributed by atoms with Crippen molar-refractivity contribution < 1.29 is 9.84 Å². The second-order valence-corrected chi connectivity index (χ2v) is 5.10. The number of aliphatic hydroxyl groups is 1. The van der Waals surface area contributed by atoms with Gasteiger partial charge in [0.15, 0.2) is 0 Å². The second kappa shape index (κ2) is 6.16. The third-order valence-electron chi connectivity index (χ3n) is 3.47. The Bertz CT molecular complexity index is 395. The molecule has 2 atom stereocenters. The monoisotopic (exact) mass is 250 g/mol. The number of methoxy groups -OCH3 is 1. The van der Waals surface area contributed by atoms with Gasteiger partial charge in [0.2, 0.25) is 0 Å². The highest BCUT2D eigenvalue weighted by molar-refractivity contribution is 5.26. The van der Waals surface area contributed by atoms with Crippen molar-refractivity contribution in [3.63, 3.8) is 0 Å². The standard InChI is InChI=1S/C14H22N2O2/c1-10-5-14(18-2)7-12(16-10)9-15-8-11-3-4-13(17)6-11/h5,7,11,13,15,17H,3-4,6,8-9H2,1-2H3. The summed E-state index contributed by atoms with van der Waals surface area (Å²) in [5.74, 6) is 1.46. The van der Waals surface area contributed by atoms with Gasteiger partial charge in [-0.2, -0.15) is 0 Å². The zero-order chi connectivity index (χ0) is 13.0. The van der Waals surface area contributed by atoms with Crippen LogP contribution in [0.15, 0.2) is 12.1 Å². The molecule has 0 aliphatic heterocycles. The van der Waals surface area contributed by atoms with Crippen LogP contribution in [0.1, 0.15) is 30.7 Å². The maximum atomic E-state index is 9.46. The van der Waals surface area contributed by atoms with E-state index in [1.54, 1.807) is 7.11 Å². The molecule has 18 heavy (non-hydrogen) atoms. The van der Waals surface area contributed by atoms with Crippen molar-refractivity contribution in [3.8, 4) is 5.75 Å². The fourth-order valence-electron chi connectivity index (χ4n) is 2.55. The van der Waals surface area contributed by atoms with Crippen LogP contribution in [0, 0.1) is 12.8 Å². The SMILES string of the molecule is COc1cc(C)nc(CNCC2CCC(O)C2)c1. The number of ether oxygens (including phenoxy) is 1. The van der Waals surface area contributed by atoms with Gasteiger partial charge in [0.05, 0.1) is 18.9 Å². The first kappa shape index (κ1) is 13.3. The summed E-state index contributed by atoms with van der Waals surface area (Å²) in [6.07, 6.45) is 2.91. The van der Waals surface area contributed by atoms with Gasteiger partial charge >= 0.3 is 0 Å². The highest BCUT2D eigenvalue weighted by Crippen LogP contribution is 2.24. The Morgan fingerprint density at radius 1 is 1.44 bits per heavy atom. The number of nitrogens with one attached hydrogen (secondary N) is 1. The molecule has 1 aromatic heterocycles. The van der Waals surface area contributed by atoms with E-state index in [9.17, 15) is 5.11 Å². The molecule has 1 aliphatic carbocycles. The van der Waals surface area contributed by atoms with E-state index in [1.807, 2.05) is 19.1 Å². The number of aromatic nitrogens is 1. The Hall–Kier alpha value is -1.13. The van der Waals surface area contributed by atoms with E-state index in [1.165, 1.54) is 0 Å². The van der Waals surface area contributed by atoms with Crippen LogP contribution in [-0.2, 0) is 6.54 Å². The molecule has 2 unspecified atom stereocenters. The van der Waals surface area contributed by atoms with Crippen LogP contribution in [0.5, 0.6) is 5.75 Å². The van der Waals surface area contributed by atoms with Crippen molar-refractivity contribution in [2.75, 3.05) is 13.7 Å². The van der Waals surface area contributed by atoms with E-state index in [-0.39, 0.29) is 6.10 Å². The Kier molecular flexibility index (Phi) is 4.55. The predicted octanol–water partition coefficient (Wildman–Crippen LogP) is 1.65. The molecule has 1 aliphatic rings. The normalized spacial score (nSPS) is 23.3. The molecule has 1 fully saturated rings. The molecule has 0 aromatic carbocycles. The molecule has 0 saturated heterocycles. The van der Waals surface area contributed by atoms with Crippen LogP contribution in [0.2, 0.25) is 0 Å². The minimum absolute atomic E-state index is 0.0889. The fourth-order valence-corrected chi connectivity index (χ4v) is 2.55. The number of pyridine rings is 1. The molecule has 100 valence electrons. The van der Waals surface area contributed by atoms with Crippen molar-refractivity contribution in [3.05, 3.63) is 23.5 Å². The van der Waals surface area contributed by atoms with Crippen molar-refractivity contribution in [2.45, 2.75) is 38.8 Å². The Balaban J connectivity index is 1.81. The van der Waals surface area contributed by atoms with Crippen LogP contribution < -0.4 is 10.1 Å². The fraction of sp³-hybridized carbons (Fsp3) is 0.643. The highest BCUT2D eigenvalue weighted by atomic mass is 16.5. The highest BCUT2D eigenvalue weighted by Gasteiger charge is 2.22. The van der Waals surface area contributed by atoms with E-state index in [0.29, 0.717) is 5.92 Å². The van der Waals surface area contributed by atoms with Gasteiger partial charge in [-0.3, -0.25) is 4.98 Å². The van der Waals surface area contributed by atoms with Crippen LogP contribution in [0.3, 0.4) is 0 Å². The van der Waals surface area contributed by atoms with Crippen molar-refractivity contribution >= 4 is 0 Å². The number of aliphatic hydroxyl groups excluding tert-OH is 1. The minimum Gasteiger partial charge on any atom is -0.497 e. The summed E-state index contributed by atoms with van der Waals surface area (Å²) in [5.41, 5.74) is 1.98. The molecular formula is C14H22N2O2. The molecule has 0 spiro atoms. The number of rotatable bonds is 5. The van der Waals surface area contributed by atoms with Gasteiger partial charge in [-0.1, -0.05) is 0 Å². The van der Waals surface area contributed by atoms with Gasteiger partial charge in [-0.15, -0.1) is 0 Å². The van der Waals surface area contributed by atoms with Crippen LogP contribution in [0.4, 0.5) is 0 Å². The molecule has 0 amide bonds. The summed E-state index contributed by atoms with van der Waals surface area (Å²) < 4.78 is 5.23. The zero-order valence-corrected chi connectivity index (χ0v) is 11.1. The quantitative estimate of drug-likeness (QED) is 0.834. The first-order valence-electron chi connectivity index (χ1n) is 6.57. The molecular weight excluding hydrogens is 228 g/mol. The van der Waals surface area contributed by atoms with Gasteiger partial charge in [0, 0.05) is 24.4 Å². The summed E-state index contributed by atoms with van der Waals surface area (Å²) >= 11 is 0. The van der Waals surface area contributed by atoms with E-state index < -0.39 is 0 Å². The molecule has 0 bridgehead atoms. The summed E-state index contributed by atoms with van der Waals surface area (Å²) in [7, 11) is 1.67. The summed E-state index contributed by atoms with van der Waals surface area (Å²) in [6, 6.07) is 3.89. The van der Waals surface area contributed by atoms with Gasteiger partial charge in [-0.25, -0.2) is 0 Å². The third kappa shape index (κ3) is 3.68. The lowest BCUT2D eigenvalue weighted by atomic mass is 10.1. The molecule has 0 radical (unpaired) electrons. The van der Waals surface area contributed by atoms with Crippen LogP contribution >= 0.6 is 0 Å². The number of nitrogens with zero attached hydrogens (tertiary/aromatic N) is 1. The zero-order valence-electron chi connectivity index (χ0n) is 11.1. The molecule has 4 heteroatoms. The van der Waals surface area contributed by atoms with Gasteiger partial charge in [-0.05, 0) is 38.6 Å². The van der Waals surface area contributed by atoms with Crippen molar-refractivity contribution in [1.29, 1.82) is 0 Å². The molecule has 1 heterocycles. The van der Waals surface area contributed by atoms with Gasteiger partial charge < -0.3 is 15.2 Å². The molecule has 4 nitrogen and oxygen atoms in total. The predicted molar refractivity (Wildman–Crippen MR) is 70.6 cm³/mol. The third-order valence-corrected chi connectivity index (χ3v) is 3.47. The van der Waals surface area contributed by atoms with E-state index in [4.69, 9.17) is 4.74 Å². The van der Waals surface area contributed by atoms with Crippen molar-refractivity contribution in [1.82, 2.24) is 10.3 Å². The molecule has 2 N–H and O–H groups in total. The average Bonchev–Trinajstić information content (AvgIpc) is 2.74. The maximum Gasteiger partial charge on any atom is 0.122 e. The largest absolute Gasteiger partial charge is 0.497 e. The second-order valence-electron chi connectivity index (χ2n) is 5.10. The summed E-state index contributed by atoms with van der Waals surface area (Å²) in [4.78, 5) is 4.47. The van der Waals surface area contributed by atoms with E-state index in [0.717, 1.165) is 49.5 Å². The van der Waals surface area contributed by atoms with Crippen molar-refractivity contribution in [2.24, 2.45) is 5.92 Å². The Morgan fingerprint density at radius 3 is 2.94 bits per heavy atom. The lowest BCUT2D eigenvalue weighted by Gasteiger charge is -2.11. The van der Waals surface area contributed by atoms with Gasteiger partial charge in [0.1, 0.15) is 5.75 Å². The smallest absolute Gasteiger partial charge is 0.122 e. The average molecular weight is 250 g/mol. The maximum absolute atomic E-state index is 9.46. The Morgan fingerprint density at radius 2 is 2.28 bits per heavy atom. The summed E-state index contributed by atoms with van der Waals surface area (Å²) in [6.45, 7) is 3.68. The lowest BCUT2D eigenvalue weighted by Crippen LogP contribution is -2.22. The number of hydrogen-bond acceptors (Lipinski definition) is 4. The minimum atomic E-state index is -0.0889. The topological polar surface area (TPSA) is 54.4 Å². The van der Waals surface area contributed by atoms with E-state index in [2.05, 4.69) is 10.3 Å². The first-order valence-corrected chi connectivity index (χ1v) is 6.57. The molecule has 1 aromatic rings. The Labute approximate surface area is 108 Å². The van der Waals surface area contributed by atoms with Crippen LogP contribution in [-0.4, -0.2) is 29.8 Å². The number of hydrogen-bond donors (Lipinski definition) is 2. The van der Waals surface area contributed by atoms with E-state index >= 15 is 0 Å². The van der Waals surface area contributed by atoms with Crippen LogP contribution in [0.25, 0.3) is 0 Å². The van der Waals surface area contributed by atoms with Gasteiger partial charge in [0.25, 0.3) is 0 Å². The summed E-state index contributed by atoms with van der Waals surface area (Å²) in [5, 5.41) is 12.9. The molecule has 2 rings (SSSR count). The molecule has 1 saturated carbocycles. The lowest BCUT2D eigenvalue weighted by molar-refractivity contribution is 0.177. The number of aryl methyl sites for hydroxylation is 1. The first-order chi connectivity index (χ1) is 8.67.